The zero-order valence-corrected chi connectivity index (χ0v) is 24.0. The van der Waals surface area contributed by atoms with Gasteiger partial charge in [0, 0.05) is 27.9 Å². The quantitative estimate of drug-likeness (QED) is 0.159. The Bertz CT molecular complexity index is 1660. The van der Waals surface area contributed by atoms with E-state index in [4.69, 9.17) is 9.47 Å². The van der Waals surface area contributed by atoms with Crippen LogP contribution in [0.25, 0.3) is 6.08 Å². The Labute approximate surface area is 252 Å². The van der Waals surface area contributed by atoms with E-state index >= 15 is 0 Å². The number of carbonyl (C=O) groups excluding carboxylic acids is 3. The van der Waals surface area contributed by atoms with Crippen LogP contribution in [-0.2, 0) is 9.59 Å². The molecule has 4 aromatic rings. The molecule has 43 heavy (non-hydrogen) atoms. The molecule has 5 rings (SSSR count). The fourth-order valence-electron chi connectivity index (χ4n) is 4.14. The average Bonchev–Trinajstić information content (AvgIpc) is 3.02. The molecule has 8 nitrogen and oxygen atoms in total. The Morgan fingerprint density at radius 1 is 0.814 bits per heavy atom. The molecule has 0 spiro atoms. The van der Waals surface area contributed by atoms with E-state index in [1.807, 2.05) is 6.07 Å². The molecule has 0 radical (unpaired) electrons. The highest BCUT2D eigenvalue weighted by molar-refractivity contribution is 8.00. The van der Waals surface area contributed by atoms with Crippen LogP contribution in [0.3, 0.4) is 0 Å². The molecule has 0 fully saturated rings. The summed E-state index contributed by atoms with van der Waals surface area (Å²) in [5.74, 6) is -0.433. The second-order valence-corrected chi connectivity index (χ2v) is 10.9. The highest BCUT2D eigenvalue weighted by Gasteiger charge is 2.19. The number of amides is 3. The third-order valence-electron chi connectivity index (χ3n) is 6.29. The standard InChI is InChI=1S/C33H28FN3O5S/c1-21(31(38)35-26-14-15-29-30(20-26)42-17-16-41-29)43-27-9-5-8-25(19-27)36-33(40)28(18-22-10-12-24(34)13-11-22)37-32(39)23-6-3-2-4-7-23/h2-15,18-21H,16-17H2,1H3,(H,35,38)(H,36,40)(H,37,39)/b28-18-. The van der Waals surface area contributed by atoms with Crippen molar-refractivity contribution in [3.05, 3.63) is 120 Å². The van der Waals surface area contributed by atoms with E-state index in [1.165, 1.54) is 42.1 Å². The molecule has 1 aliphatic heterocycles. The lowest BCUT2D eigenvalue weighted by Gasteiger charge is -2.19. The highest BCUT2D eigenvalue weighted by atomic mass is 32.2. The van der Waals surface area contributed by atoms with Gasteiger partial charge in [-0.3, -0.25) is 14.4 Å². The minimum atomic E-state index is -0.569. The lowest BCUT2D eigenvalue weighted by molar-refractivity contribution is -0.115. The molecule has 4 aromatic carbocycles. The number of halogens is 1. The van der Waals surface area contributed by atoms with Crippen LogP contribution < -0.4 is 25.4 Å². The van der Waals surface area contributed by atoms with E-state index < -0.39 is 22.9 Å². The smallest absolute Gasteiger partial charge is 0.272 e. The van der Waals surface area contributed by atoms with E-state index in [2.05, 4.69) is 16.0 Å². The van der Waals surface area contributed by atoms with Crippen molar-refractivity contribution >= 4 is 46.9 Å². The second kappa shape index (κ2) is 13.7. The molecule has 3 N–H and O–H groups in total. The summed E-state index contributed by atoms with van der Waals surface area (Å²) in [6, 6.07) is 26.3. The van der Waals surface area contributed by atoms with E-state index in [1.54, 1.807) is 73.7 Å². The normalized spacial score (nSPS) is 13.0. The van der Waals surface area contributed by atoms with Gasteiger partial charge in [0.15, 0.2) is 11.5 Å². The van der Waals surface area contributed by atoms with Crippen LogP contribution in [0.15, 0.2) is 108 Å². The SMILES string of the molecule is CC(Sc1cccc(NC(=O)/C(=C/c2ccc(F)cc2)NC(=O)c2ccccc2)c1)C(=O)Nc1ccc2c(c1)OCCO2. The van der Waals surface area contributed by atoms with E-state index in [9.17, 15) is 18.8 Å². The van der Waals surface area contributed by atoms with Gasteiger partial charge in [0.05, 0.1) is 5.25 Å². The molecule has 1 atom stereocenters. The number of hydrogen-bond donors (Lipinski definition) is 3. The number of thioether (sulfide) groups is 1. The molecule has 0 aliphatic carbocycles. The fourth-order valence-corrected chi connectivity index (χ4v) is 5.06. The van der Waals surface area contributed by atoms with Gasteiger partial charge in [0.2, 0.25) is 5.91 Å². The topological polar surface area (TPSA) is 106 Å². The summed E-state index contributed by atoms with van der Waals surface area (Å²) in [4.78, 5) is 39.8. The molecule has 0 aromatic heterocycles. The summed E-state index contributed by atoms with van der Waals surface area (Å²) in [7, 11) is 0. The Balaban J connectivity index is 1.26. The number of benzene rings is 4. The van der Waals surface area contributed by atoms with Crippen LogP contribution in [0.4, 0.5) is 15.8 Å². The number of nitrogens with one attached hydrogen (secondary N) is 3. The third kappa shape index (κ3) is 8.02. The number of fused-ring (bicyclic) bond motifs is 1. The summed E-state index contributed by atoms with van der Waals surface area (Å²) >= 11 is 1.32. The van der Waals surface area contributed by atoms with Crippen molar-refractivity contribution in [2.75, 3.05) is 23.8 Å². The number of rotatable bonds is 9. The Kier molecular flexibility index (Phi) is 9.38. The van der Waals surface area contributed by atoms with Crippen LogP contribution in [0.1, 0.15) is 22.8 Å². The van der Waals surface area contributed by atoms with Gasteiger partial charge in [-0.1, -0.05) is 36.4 Å². The van der Waals surface area contributed by atoms with Gasteiger partial charge < -0.3 is 25.4 Å². The second-order valence-electron chi connectivity index (χ2n) is 9.52. The van der Waals surface area contributed by atoms with Crippen molar-refractivity contribution in [2.24, 2.45) is 0 Å². The van der Waals surface area contributed by atoms with Crippen molar-refractivity contribution in [1.82, 2.24) is 5.32 Å². The van der Waals surface area contributed by atoms with Gasteiger partial charge in [-0.05, 0) is 73.2 Å². The molecule has 218 valence electrons. The van der Waals surface area contributed by atoms with E-state index in [-0.39, 0.29) is 11.6 Å². The Morgan fingerprint density at radius 2 is 1.53 bits per heavy atom. The van der Waals surface area contributed by atoms with Crippen molar-refractivity contribution in [1.29, 1.82) is 0 Å². The lowest BCUT2D eigenvalue weighted by Crippen LogP contribution is -2.30. The molecular weight excluding hydrogens is 569 g/mol. The molecule has 10 heteroatoms. The average molecular weight is 598 g/mol. The van der Waals surface area contributed by atoms with Crippen molar-refractivity contribution in [3.63, 3.8) is 0 Å². The summed E-state index contributed by atoms with van der Waals surface area (Å²) in [6.07, 6.45) is 1.47. The van der Waals surface area contributed by atoms with E-state index in [0.29, 0.717) is 47.2 Å². The maximum absolute atomic E-state index is 13.4. The van der Waals surface area contributed by atoms with E-state index in [0.717, 1.165) is 4.90 Å². The molecular formula is C33H28FN3O5S. The van der Waals surface area contributed by atoms with Gasteiger partial charge in [-0.2, -0.15) is 0 Å². The van der Waals surface area contributed by atoms with Gasteiger partial charge in [-0.15, -0.1) is 11.8 Å². The monoisotopic (exact) mass is 597 g/mol. The van der Waals surface area contributed by atoms with Gasteiger partial charge in [-0.25, -0.2) is 4.39 Å². The zero-order valence-electron chi connectivity index (χ0n) is 23.1. The summed E-state index contributed by atoms with van der Waals surface area (Å²) in [5, 5.41) is 7.90. The predicted molar refractivity (Wildman–Crippen MR) is 165 cm³/mol. The summed E-state index contributed by atoms with van der Waals surface area (Å²) in [6.45, 7) is 2.72. The predicted octanol–water partition coefficient (Wildman–Crippen LogP) is 6.13. The molecule has 0 bridgehead atoms. The fraction of sp³-hybridized carbons (Fsp3) is 0.121. The molecule has 1 aliphatic rings. The zero-order chi connectivity index (χ0) is 30.2. The highest BCUT2D eigenvalue weighted by Crippen LogP contribution is 2.33. The molecule has 3 amide bonds. The first-order valence-electron chi connectivity index (χ1n) is 13.5. The summed E-state index contributed by atoms with van der Waals surface area (Å²) in [5.41, 5.74) is 1.95. The minimum absolute atomic E-state index is 0.0225. The van der Waals surface area contributed by atoms with Crippen LogP contribution in [-0.4, -0.2) is 36.2 Å². The molecule has 1 heterocycles. The summed E-state index contributed by atoms with van der Waals surface area (Å²) < 4.78 is 24.6. The molecule has 0 saturated heterocycles. The van der Waals surface area contributed by atoms with Crippen molar-refractivity contribution in [3.8, 4) is 11.5 Å². The van der Waals surface area contributed by atoms with Crippen LogP contribution in [0.5, 0.6) is 11.5 Å². The van der Waals surface area contributed by atoms with Gasteiger partial charge in [0.1, 0.15) is 24.7 Å². The third-order valence-corrected chi connectivity index (χ3v) is 7.39. The van der Waals surface area contributed by atoms with Crippen molar-refractivity contribution < 1.29 is 28.2 Å². The number of carbonyl (C=O) groups is 3. The van der Waals surface area contributed by atoms with Crippen LogP contribution in [0.2, 0.25) is 0 Å². The first-order chi connectivity index (χ1) is 20.8. The number of hydrogen-bond acceptors (Lipinski definition) is 6. The Morgan fingerprint density at radius 3 is 2.30 bits per heavy atom. The largest absolute Gasteiger partial charge is 0.486 e. The van der Waals surface area contributed by atoms with Crippen LogP contribution >= 0.6 is 11.8 Å². The Hall–Kier alpha value is -5.09. The van der Waals surface area contributed by atoms with Gasteiger partial charge >= 0.3 is 0 Å². The first-order valence-corrected chi connectivity index (χ1v) is 14.3. The number of anilines is 2. The lowest BCUT2D eigenvalue weighted by atomic mass is 10.1. The molecule has 0 saturated carbocycles. The minimum Gasteiger partial charge on any atom is -0.486 e. The first kappa shape index (κ1) is 29.4. The molecule has 1 unspecified atom stereocenters. The maximum Gasteiger partial charge on any atom is 0.272 e. The number of ether oxygens (including phenoxy) is 2. The van der Waals surface area contributed by atoms with Crippen LogP contribution in [0, 0.1) is 5.82 Å². The van der Waals surface area contributed by atoms with Gasteiger partial charge in [0.25, 0.3) is 11.8 Å². The maximum atomic E-state index is 13.4. The van der Waals surface area contributed by atoms with Crippen molar-refractivity contribution in [2.45, 2.75) is 17.1 Å².